The molecule has 1 rings (SSSR count). The van der Waals surface area contributed by atoms with E-state index in [9.17, 15) is 4.39 Å². The molecule has 0 aliphatic carbocycles. The van der Waals surface area contributed by atoms with E-state index in [-0.39, 0.29) is 5.82 Å². The van der Waals surface area contributed by atoms with Gasteiger partial charge in [0.1, 0.15) is 5.82 Å². The maximum Gasteiger partial charge on any atom is 0.414 e. The standard InChI is InChI=1S/C6H7FN2.C2H2O4/c7-5-2-1-3-6(4-5)9-8;3-1(4)2(5)6/h1-4,9H,8H2;(H,3,4)(H,5,6). The number of anilines is 1. The summed E-state index contributed by atoms with van der Waals surface area (Å²) in [6.07, 6.45) is 0. The first kappa shape index (κ1) is 12.8. The molecule has 0 bridgehead atoms. The zero-order valence-electron chi connectivity index (χ0n) is 7.48. The van der Waals surface area contributed by atoms with Gasteiger partial charge in [-0.05, 0) is 18.2 Å². The second kappa shape index (κ2) is 6.33. The number of carboxylic acids is 2. The number of carboxylic acid groups (broad SMARTS) is 2. The van der Waals surface area contributed by atoms with Crippen molar-refractivity contribution in [3.05, 3.63) is 30.1 Å². The van der Waals surface area contributed by atoms with E-state index in [2.05, 4.69) is 5.43 Å². The maximum atomic E-state index is 12.3. The summed E-state index contributed by atoms with van der Waals surface area (Å²) in [7, 11) is 0. The van der Waals surface area contributed by atoms with Crippen molar-refractivity contribution < 1.29 is 24.2 Å². The number of hydrazine groups is 1. The fraction of sp³-hybridized carbons (Fsp3) is 0. The van der Waals surface area contributed by atoms with Crippen LogP contribution in [-0.2, 0) is 9.59 Å². The fourth-order valence-corrected chi connectivity index (χ4v) is 0.578. The fourth-order valence-electron chi connectivity index (χ4n) is 0.578. The molecule has 0 aliphatic heterocycles. The lowest BCUT2D eigenvalue weighted by atomic mass is 10.3. The summed E-state index contributed by atoms with van der Waals surface area (Å²) in [6.45, 7) is 0. The number of nitrogens with two attached hydrogens (primary N) is 1. The highest BCUT2D eigenvalue weighted by Gasteiger charge is 2.04. The Labute approximate surface area is 84.1 Å². The summed E-state index contributed by atoms with van der Waals surface area (Å²) < 4.78 is 12.3. The SMILES string of the molecule is NNc1cccc(F)c1.O=C(O)C(=O)O. The van der Waals surface area contributed by atoms with E-state index in [0.29, 0.717) is 5.69 Å². The smallest absolute Gasteiger partial charge is 0.414 e. The van der Waals surface area contributed by atoms with Gasteiger partial charge in [-0.25, -0.2) is 14.0 Å². The van der Waals surface area contributed by atoms with Gasteiger partial charge < -0.3 is 15.6 Å². The van der Waals surface area contributed by atoms with Gasteiger partial charge in [-0.2, -0.15) is 0 Å². The first-order valence-electron chi connectivity index (χ1n) is 3.65. The average Bonchev–Trinajstić information content (AvgIpc) is 2.18. The molecule has 82 valence electrons. The molecule has 0 amide bonds. The number of hydrogen-bond donors (Lipinski definition) is 4. The molecule has 0 aliphatic rings. The van der Waals surface area contributed by atoms with Crippen LogP contribution in [0.2, 0.25) is 0 Å². The second-order valence-corrected chi connectivity index (χ2v) is 2.26. The van der Waals surface area contributed by atoms with Crippen LogP contribution in [-0.4, -0.2) is 22.2 Å². The maximum absolute atomic E-state index is 12.3. The van der Waals surface area contributed by atoms with Gasteiger partial charge in [0, 0.05) is 0 Å². The van der Waals surface area contributed by atoms with Gasteiger partial charge in [-0.3, -0.25) is 5.84 Å². The third-order valence-corrected chi connectivity index (χ3v) is 1.17. The molecule has 1 aromatic carbocycles. The Bertz CT molecular complexity index is 344. The van der Waals surface area contributed by atoms with Gasteiger partial charge >= 0.3 is 11.9 Å². The molecule has 0 saturated carbocycles. The molecular weight excluding hydrogens is 207 g/mol. The highest BCUT2D eigenvalue weighted by molar-refractivity contribution is 6.27. The Hall–Kier alpha value is -2.15. The van der Waals surface area contributed by atoms with E-state index >= 15 is 0 Å². The lowest BCUT2D eigenvalue weighted by Crippen LogP contribution is -2.09. The monoisotopic (exact) mass is 216 g/mol. The van der Waals surface area contributed by atoms with E-state index < -0.39 is 11.9 Å². The summed E-state index contributed by atoms with van der Waals surface area (Å²) in [5.74, 6) is 1.07. The van der Waals surface area contributed by atoms with E-state index in [4.69, 9.17) is 25.6 Å². The number of carbonyl (C=O) groups is 2. The Morgan fingerprint density at radius 3 is 2.07 bits per heavy atom. The molecule has 7 heteroatoms. The number of nitrogens with one attached hydrogen (secondary N) is 1. The largest absolute Gasteiger partial charge is 0.473 e. The second-order valence-electron chi connectivity index (χ2n) is 2.26. The quantitative estimate of drug-likeness (QED) is 0.304. The molecule has 0 fully saturated rings. The van der Waals surface area contributed by atoms with Crippen molar-refractivity contribution in [3.8, 4) is 0 Å². The number of nitrogen functional groups attached to an aromatic ring is 1. The van der Waals surface area contributed by atoms with Crippen molar-refractivity contribution in [3.63, 3.8) is 0 Å². The van der Waals surface area contributed by atoms with E-state index in [0.717, 1.165) is 0 Å². The van der Waals surface area contributed by atoms with Crippen LogP contribution in [0.4, 0.5) is 10.1 Å². The normalized spacial score (nSPS) is 8.40. The van der Waals surface area contributed by atoms with E-state index in [1.165, 1.54) is 12.1 Å². The third-order valence-electron chi connectivity index (χ3n) is 1.17. The number of aliphatic carboxylic acids is 2. The molecule has 0 spiro atoms. The Morgan fingerprint density at radius 1 is 1.27 bits per heavy atom. The molecule has 6 nitrogen and oxygen atoms in total. The topological polar surface area (TPSA) is 113 Å². The van der Waals surface area contributed by atoms with Crippen molar-refractivity contribution in [2.24, 2.45) is 5.84 Å². The molecular formula is C8H9FN2O4. The lowest BCUT2D eigenvalue weighted by molar-refractivity contribution is -0.159. The summed E-state index contributed by atoms with van der Waals surface area (Å²) in [4.78, 5) is 18.2. The minimum atomic E-state index is -1.82. The first-order chi connectivity index (χ1) is 6.97. The molecule has 0 radical (unpaired) electrons. The molecule has 5 N–H and O–H groups in total. The Morgan fingerprint density at radius 2 is 1.80 bits per heavy atom. The van der Waals surface area contributed by atoms with Gasteiger partial charge in [-0.1, -0.05) is 6.07 Å². The molecule has 0 aromatic heterocycles. The van der Waals surface area contributed by atoms with Crippen LogP contribution in [0.5, 0.6) is 0 Å². The van der Waals surface area contributed by atoms with Gasteiger partial charge in [0.25, 0.3) is 0 Å². The minimum Gasteiger partial charge on any atom is -0.473 e. The zero-order valence-corrected chi connectivity index (χ0v) is 7.48. The molecule has 0 unspecified atom stereocenters. The van der Waals surface area contributed by atoms with E-state index in [1.54, 1.807) is 12.1 Å². The highest BCUT2D eigenvalue weighted by Crippen LogP contribution is 2.05. The number of rotatable bonds is 1. The number of benzene rings is 1. The predicted molar refractivity (Wildman–Crippen MR) is 49.5 cm³/mol. The average molecular weight is 216 g/mol. The first-order valence-corrected chi connectivity index (χ1v) is 3.65. The van der Waals surface area contributed by atoms with Crippen LogP contribution in [0.3, 0.4) is 0 Å². The van der Waals surface area contributed by atoms with Crippen molar-refractivity contribution in [1.82, 2.24) is 0 Å². The predicted octanol–water partition coefficient (Wildman–Crippen LogP) is 0.267. The highest BCUT2D eigenvalue weighted by atomic mass is 19.1. The van der Waals surface area contributed by atoms with Crippen molar-refractivity contribution >= 4 is 17.6 Å². The van der Waals surface area contributed by atoms with Crippen molar-refractivity contribution in [1.29, 1.82) is 0 Å². The molecule has 0 saturated heterocycles. The zero-order chi connectivity index (χ0) is 11.8. The van der Waals surface area contributed by atoms with Gasteiger partial charge in [0.2, 0.25) is 0 Å². The Kier molecular flexibility index (Phi) is 5.42. The summed E-state index contributed by atoms with van der Waals surface area (Å²) in [5, 5.41) is 14.8. The van der Waals surface area contributed by atoms with E-state index in [1.807, 2.05) is 0 Å². The summed E-state index contributed by atoms with van der Waals surface area (Å²) in [5.41, 5.74) is 2.91. The molecule has 1 aromatic rings. The number of hydrogen-bond acceptors (Lipinski definition) is 4. The van der Waals surface area contributed by atoms with Crippen LogP contribution < -0.4 is 11.3 Å². The third kappa shape index (κ3) is 5.99. The Balaban J connectivity index is 0.000000288. The number of halogens is 1. The van der Waals surface area contributed by atoms with Gasteiger partial charge in [0.15, 0.2) is 0 Å². The van der Waals surface area contributed by atoms with Crippen molar-refractivity contribution in [2.75, 3.05) is 5.43 Å². The van der Waals surface area contributed by atoms with Gasteiger partial charge in [-0.15, -0.1) is 0 Å². The van der Waals surface area contributed by atoms with Crippen molar-refractivity contribution in [2.45, 2.75) is 0 Å². The summed E-state index contributed by atoms with van der Waals surface area (Å²) >= 11 is 0. The van der Waals surface area contributed by atoms with Crippen LogP contribution in [0.1, 0.15) is 0 Å². The van der Waals surface area contributed by atoms with Crippen LogP contribution in [0.25, 0.3) is 0 Å². The molecule has 15 heavy (non-hydrogen) atoms. The summed E-state index contributed by atoms with van der Waals surface area (Å²) in [6, 6.07) is 5.95. The molecule has 0 atom stereocenters. The lowest BCUT2D eigenvalue weighted by Gasteiger charge is -1.96. The van der Waals surface area contributed by atoms with Crippen LogP contribution in [0.15, 0.2) is 24.3 Å². The molecule has 0 heterocycles. The van der Waals surface area contributed by atoms with Crippen LogP contribution >= 0.6 is 0 Å². The van der Waals surface area contributed by atoms with Crippen LogP contribution in [0, 0.1) is 5.82 Å². The minimum absolute atomic E-state index is 0.287. The van der Waals surface area contributed by atoms with Gasteiger partial charge in [0.05, 0.1) is 5.69 Å².